The monoisotopic (exact) mass is 353 g/mol. The molecule has 3 rings (SSSR count). The normalized spacial score (nSPS) is 20.4. The van der Waals surface area contributed by atoms with Crippen molar-refractivity contribution in [3.8, 4) is 6.07 Å². The summed E-state index contributed by atoms with van der Waals surface area (Å²) < 4.78 is 5.56. The predicted molar refractivity (Wildman–Crippen MR) is 102 cm³/mol. The van der Waals surface area contributed by atoms with Crippen molar-refractivity contribution in [3.05, 3.63) is 18.0 Å². The van der Waals surface area contributed by atoms with Crippen LogP contribution in [0, 0.1) is 11.3 Å². The Balaban J connectivity index is 1.90. The Morgan fingerprint density at radius 3 is 3.00 bits per heavy atom. The molecule has 0 radical (unpaired) electrons. The van der Waals surface area contributed by atoms with E-state index in [0.717, 1.165) is 18.2 Å². The van der Waals surface area contributed by atoms with Crippen LogP contribution in [0.15, 0.2) is 17.3 Å². The highest BCUT2D eigenvalue weighted by Gasteiger charge is 2.20. The van der Waals surface area contributed by atoms with Crippen LogP contribution in [-0.4, -0.2) is 53.0 Å². The van der Waals surface area contributed by atoms with E-state index in [9.17, 15) is 5.26 Å². The van der Waals surface area contributed by atoms with E-state index in [2.05, 4.69) is 43.4 Å². The molecule has 136 valence electrons. The van der Waals surface area contributed by atoms with Crippen LogP contribution in [0.1, 0.15) is 32.4 Å². The molecule has 1 unspecified atom stereocenters. The molecule has 26 heavy (non-hydrogen) atoms. The molecule has 2 aromatic rings. The Bertz CT molecular complexity index is 830. The Morgan fingerprint density at radius 1 is 1.42 bits per heavy atom. The second-order valence-electron chi connectivity index (χ2n) is 6.68. The first-order valence-electron chi connectivity index (χ1n) is 8.73. The van der Waals surface area contributed by atoms with Crippen molar-refractivity contribution < 1.29 is 4.74 Å². The number of nitriles is 1. The highest BCUT2D eigenvalue weighted by molar-refractivity contribution is 5.89. The third-order valence-corrected chi connectivity index (χ3v) is 4.17. The highest BCUT2D eigenvalue weighted by atomic mass is 16.5. The Hall–Kier alpha value is -2.79. The summed E-state index contributed by atoms with van der Waals surface area (Å²) in [6.45, 7) is 8.93. The van der Waals surface area contributed by atoms with E-state index in [1.165, 1.54) is 0 Å². The van der Waals surface area contributed by atoms with Gasteiger partial charge in [-0.05, 0) is 39.5 Å². The molecule has 2 N–H and O–H groups in total. The number of rotatable bonds is 5. The summed E-state index contributed by atoms with van der Waals surface area (Å²) in [6, 6.07) is 4.19. The van der Waals surface area contributed by atoms with Crippen molar-refractivity contribution in [2.75, 3.05) is 23.8 Å². The van der Waals surface area contributed by atoms with Gasteiger partial charge < -0.3 is 15.4 Å². The average molecular weight is 353 g/mol. The number of ether oxygens (including phenoxy) is 1. The molecule has 8 heteroatoms. The van der Waals surface area contributed by atoms with Gasteiger partial charge in [0.2, 0.25) is 5.95 Å². The third-order valence-electron chi connectivity index (χ3n) is 4.17. The molecule has 1 aliphatic heterocycles. The molecule has 8 nitrogen and oxygen atoms in total. The maximum Gasteiger partial charge on any atom is 0.223 e. The number of fused-ring (bicyclic) bond motifs is 1. The van der Waals surface area contributed by atoms with Gasteiger partial charge in [-0.3, -0.25) is 4.99 Å². The van der Waals surface area contributed by atoms with Gasteiger partial charge in [0.25, 0.3) is 0 Å². The molecule has 0 aliphatic carbocycles. The van der Waals surface area contributed by atoms with Crippen molar-refractivity contribution in [1.29, 1.82) is 5.26 Å². The largest absolute Gasteiger partial charge is 0.379 e. The van der Waals surface area contributed by atoms with Crippen molar-refractivity contribution >= 4 is 29.4 Å². The van der Waals surface area contributed by atoms with Crippen LogP contribution in [0.25, 0.3) is 10.9 Å². The van der Waals surface area contributed by atoms with Crippen molar-refractivity contribution in [2.24, 2.45) is 4.99 Å². The lowest BCUT2D eigenvalue weighted by Crippen LogP contribution is -2.25. The van der Waals surface area contributed by atoms with Crippen LogP contribution in [0.4, 0.5) is 11.8 Å². The number of aliphatic imine (C=N–C) groups is 1. The molecule has 0 bridgehead atoms. The molecule has 1 aliphatic rings. The summed E-state index contributed by atoms with van der Waals surface area (Å²) in [4.78, 5) is 17.5. The fourth-order valence-corrected chi connectivity index (χ4v) is 2.94. The molecule has 0 amide bonds. The van der Waals surface area contributed by atoms with Crippen LogP contribution in [0.5, 0.6) is 0 Å². The lowest BCUT2D eigenvalue weighted by molar-refractivity contribution is 0.135. The van der Waals surface area contributed by atoms with Gasteiger partial charge in [0, 0.05) is 30.3 Å². The highest BCUT2D eigenvalue weighted by Crippen LogP contribution is 2.23. The van der Waals surface area contributed by atoms with Gasteiger partial charge in [-0.1, -0.05) is 0 Å². The van der Waals surface area contributed by atoms with Crippen LogP contribution >= 0.6 is 0 Å². The first-order valence-corrected chi connectivity index (χ1v) is 8.73. The minimum atomic E-state index is 0.0773. The molecule has 0 aromatic carbocycles. The molecule has 1 saturated heterocycles. The third kappa shape index (κ3) is 4.24. The van der Waals surface area contributed by atoms with E-state index < -0.39 is 0 Å². The molecule has 2 atom stereocenters. The lowest BCUT2D eigenvalue weighted by Gasteiger charge is -2.18. The smallest absolute Gasteiger partial charge is 0.223 e. The van der Waals surface area contributed by atoms with Crippen LogP contribution < -0.4 is 10.6 Å². The van der Waals surface area contributed by atoms with Crippen LogP contribution in [0.2, 0.25) is 0 Å². The van der Waals surface area contributed by atoms with E-state index >= 15 is 0 Å². The molecular weight excluding hydrogens is 330 g/mol. The number of hydrogen-bond donors (Lipinski definition) is 2. The first kappa shape index (κ1) is 18.0. The lowest BCUT2D eigenvalue weighted by atomic mass is 10.1. The first-order chi connectivity index (χ1) is 12.6. The molecule has 2 aromatic heterocycles. The average Bonchev–Trinajstić information content (AvgIpc) is 2.86. The SMILES string of the molecule is C=NC1COCC[C@H](Nc2ncc3cc(C#N)nc(NC(C)C)c3n2)C1. The summed E-state index contributed by atoms with van der Waals surface area (Å²) in [5.74, 6) is 1.12. The second-order valence-corrected chi connectivity index (χ2v) is 6.68. The predicted octanol–water partition coefficient (Wildman–Crippen LogP) is 2.38. The second kappa shape index (κ2) is 8.06. The molecular formula is C18H23N7O. The quantitative estimate of drug-likeness (QED) is 0.794. The van der Waals surface area contributed by atoms with E-state index in [0.29, 0.717) is 36.2 Å². The minimum Gasteiger partial charge on any atom is -0.379 e. The summed E-state index contributed by atoms with van der Waals surface area (Å²) in [5, 5.41) is 16.6. The van der Waals surface area contributed by atoms with Crippen LogP contribution in [0.3, 0.4) is 0 Å². The zero-order chi connectivity index (χ0) is 18.5. The Morgan fingerprint density at radius 2 is 2.27 bits per heavy atom. The minimum absolute atomic E-state index is 0.0773. The van der Waals surface area contributed by atoms with Gasteiger partial charge in [0.15, 0.2) is 5.82 Å². The summed E-state index contributed by atoms with van der Waals surface area (Å²) >= 11 is 0. The standard InChI is InChI=1S/C18H23N7O/c1-11(2)22-17-16-12(6-14(8-19)23-17)9-21-18(25-16)24-13-4-5-26-10-15(7-13)20-3/h6,9,11,13,15H,3-5,7,10H2,1-2H3,(H,22,23)(H,21,24,25)/t13-,15?/m0/s1. The number of anilines is 2. The summed E-state index contributed by atoms with van der Waals surface area (Å²) in [6.07, 6.45) is 3.40. The van der Waals surface area contributed by atoms with Crippen molar-refractivity contribution in [2.45, 2.75) is 44.8 Å². The summed E-state index contributed by atoms with van der Waals surface area (Å²) in [5.41, 5.74) is 1.03. The maximum absolute atomic E-state index is 9.18. The fourth-order valence-electron chi connectivity index (χ4n) is 2.94. The maximum atomic E-state index is 9.18. The topological polar surface area (TPSA) is 108 Å². The summed E-state index contributed by atoms with van der Waals surface area (Å²) in [7, 11) is 0. The molecule has 3 heterocycles. The zero-order valence-electron chi connectivity index (χ0n) is 15.1. The van der Waals surface area contributed by atoms with E-state index in [4.69, 9.17) is 4.74 Å². The Kier molecular flexibility index (Phi) is 5.58. The van der Waals surface area contributed by atoms with Gasteiger partial charge in [-0.15, -0.1) is 0 Å². The van der Waals surface area contributed by atoms with Gasteiger partial charge in [0.1, 0.15) is 17.3 Å². The fraction of sp³-hybridized carbons (Fsp3) is 0.500. The van der Waals surface area contributed by atoms with Gasteiger partial charge in [-0.2, -0.15) is 5.26 Å². The zero-order valence-corrected chi connectivity index (χ0v) is 15.1. The number of hydrogen-bond acceptors (Lipinski definition) is 8. The molecule has 1 fully saturated rings. The number of nitrogens with zero attached hydrogens (tertiary/aromatic N) is 5. The van der Waals surface area contributed by atoms with E-state index in [1.54, 1.807) is 12.3 Å². The van der Waals surface area contributed by atoms with Crippen molar-refractivity contribution in [1.82, 2.24) is 15.0 Å². The number of pyridine rings is 1. The van der Waals surface area contributed by atoms with Crippen molar-refractivity contribution in [3.63, 3.8) is 0 Å². The number of nitrogens with one attached hydrogen (secondary N) is 2. The van der Waals surface area contributed by atoms with Crippen LogP contribution in [-0.2, 0) is 4.74 Å². The molecule has 0 saturated carbocycles. The van der Waals surface area contributed by atoms with Gasteiger partial charge in [0.05, 0.1) is 12.6 Å². The van der Waals surface area contributed by atoms with E-state index in [1.807, 2.05) is 13.8 Å². The Labute approximate surface area is 152 Å². The number of aromatic nitrogens is 3. The van der Waals surface area contributed by atoms with Gasteiger partial charge in [-0.25, -0.2) is 15.0 Å². The van der Waals surface area contributed by atoms with E-state index in [-0.39, 0.29) is 18.1 Å². The van der Waals surface area contributed by atoms with Gasteiger partial charge >= 0.3 is 0 Å². The molecule has 0 spiro atoms.